The zero-order valence-corrected chi connectivity index (χ0v) is 17.5. The van der Waals surface area contributed by atoms with Gasteiger partial charge in [0.15, 0.2) is 0 Å². The van der Waals surface area contributed by atoms with Gasteiger partial charge in [0.1, 0.15) is 17.7 Å². The summed E-state index contributed by atoms with van der Waals surface area (Å²) in [5.41, 5.74) is 0.912. The Kier molecular flexibility index (Phi) is 7.35. The predicted octanol–water partition coefficient (Wildman–Crippen LogP) is 2.27. The monoisotopic (exact) mass is 421 g/mol. The number of halogens is 1. The number of carbonyl (C=O) groups is 1. The highest BCUT2D eigenvalue weighted by atomic mass is 35.5. The first kappa shape index (κ1) is 21.4. The average molecular weight is 422 g/mol. The number of amides is 2. The van der Waals surface area contributed by atoms with E-state index >= 15 is 0 Å². The van der Waals surface area contributed by atoms with E-state index in [-0.39, 0.29) is 24.8 Å². The number of likely N-dealkylation sites (tertiary alicyclic amines) is 1. The van der Waals surface area contributed by atoms with Crippen LogP contribution in [0.3, 0.4) is 0 Å². The van der Waals surface area contributed by atoms with Crippen molar-refractivity contribution >= 4 is 23.4 Å². The number of aryl methyl sites for hydroxylation is 2. The Labute approximate surface area is 175 Å². The number of anilines is 1. The molecule has 0 spiro atoms. The standard InChI is InChI=1S/C20H28ClN5O3/c1-3-15-10-19(25(2)24-15)23-20(28)22-16(13-27)8-9-26-11-18(12-26)29-17-6-4-14(21)5-7-17/h4-7,10,16,18,27H,3,8-9,11-13H2,1-2H3,(H2,22,23,28). The molecule has 0 aliphatic carbocycles. The van der Waals surface area contributed by atoms with Gasteiger partial charge in [-0.25, -0.2) is 4.79 Å². The summed E-state index contributed by atoms with van der Waals surface area (Å²) in [6.45, 7) is 4.31. The molecule has 1 fully saturated rings. The normalized spacial score (nSPS) is 15.6. The molecular weight excluding hydrogens is 394 g/mol. The van der Waals surface area contributed by atoms with Crippen LogP contribution in [-0.2, 0) is 13.5 Å². The fraction of sp³-hybridized carbons (Fsp3) is 0.500. The first-order valence-electron chi connectivity index (χ1n) is 9.82. The molecule has 1 aliphatic rings. The second kappa shape index (κ2) is 9.96. The number of nitrogens with one attached hydrogen (secondary N) is 2. The zero-order valence-electron chi connectivity index (χ0n) is 16.8. The number of urea groups is 1. The second-order valence-electron chi connectivity index (χ2n) is 7.22. The smallest absolute Gasteiger partial charge is 0.320 e. The van der Waals surface area contributed by atoms with Crippen LogP contribution in [0, 0.1) is 0 Å². The summed E-state index contributed by atoms with van der Waals surface area (Å²) in [6.07, 6.45) is 1.61. The zero-order chi connectivity index (χ0) is 20.8. The number of aromatic nitrogens is 2. The molecule has 1 unspecified atom stereocenters. The molecular formula is C20H28ClN5O3. The van der Waals surface area contributed by atoms with Crippen molar-refractivity contribution in [3.05, 3.63) is 41.0 Å². The van der Waals surface area contributed by atoms with Crippen molar-refractivity contribution in [2.24, 2.45) is 7.05 Å². The van der Waals surface area contributed by atoms with E-state index in [1.54, 1.807) is 11.7 Å². The van der Waals surface area contributed by atoms with Gasteiger partial charge in [-0.2, -0.15) is 5.10 Å². The molecule has 0 saturated carbocycles. The molecule has 2 amide bonds. The van der Waals surface area contributed by atoms with Gasteiger partial charge in [0.2, 0.25) is 0 Å². The van der Waals surface area contributed by atoms with E-state index < -0.39 is 0 Å². The highest BCUT2D eigenvalue weighted by molar-refractivity contribution is 6.30. The lowest BCUT2D eigenvalue weighted by Crippen LogP contribution is -2.55. The molecule has 0 bridgehead atoms. The lowest BCUT2D eigenvalue weighted by molar-refractivity contribution is 0.0168. The van der Waals surface area contributed by atoms with Crippen molar-refractivity contribution < 1.29 is 14.6 Å². The van der Waals surface area contributed by atoms with Gasteiger partial charge in [-0.05, 0) is 37.1 Å². The van der Waals surface area contributed by atoms with Crippen LogP contribution in [0.4, 0.5) is 10.6 Å². The largest absolute Gasteiger partial charge is 0.488 e. The minimum atomic E-state index is -0.345. The number of hydrogen-bond acceptors (Lipinski definition) is 5. The molecule has 1 aromatic carbocycles. The van der Waals surface area contributed by atoms with Crippen molar-refractivity contribution in [1.29, 1.82) is 0 Å². The van der Waals surface area contributed by atoms with Gasteiger partial charge in [0.25, 0.3) is 0 Å². The molecule has 1 aromatic heterocycles. The van der Waals surface area contributed by atoms with Crippen LogP contribution in [0.15, 0.2) is 30.3 Å². The Morgan fingerprint density at radius 1 is 1.38 bits per heavy atom. The Balaban J connectivity index is 1.36. The van der Waals surface area contributed by atoms with E-state index in [1.165, 1.54) is 0 Å². The van der Waals surface area contributed by atoms with Crippen molar-refractivity contribution in [1.82, 2.24) is 20.0 Å². The van der Waals surface area contributed by atoms with E-state index in [0.29, 0.717) is 17.3 Å². The molecule has 3 N–H and O–H groups in total. The summed E-state index contributed by atoms with van der Waals surface area (Å²) >= 11 is 5.88. The minimum Gasteiger partial charge on any atom is -0.488 e. The number of ether oxygens (including phenoxy) is 1. The number of aliphatic hydroxyl groups is 1. The fourth-order valence-corrected chi connectivity index (χ4v) is 3.31. The lowest BCUT2D eigenvalue weighted by atomic mass is 10.1. The maximum atomic E-state index is 12.2. The van der Waals surface area contributed by atoms with E-state index in [4.69, 9.17) is 16.3 Å². The number of nitrogens with zero attached hydrogens (tertiary/aromatic N) is 3. The minimum absolute atomic E-state index is 0.114. The van der Waals surface area contributed by atoms with Gasteiger partial charge in [-0.15, -0.1) is 0 Å². The molecule has 29 heavy (non-hydrogen) atoms. The molecule has 1 atom stereocenters. The molecule has 2 heterocycles. The van der Waals surface area contributed by atoms with Crippen LogP contribution in [0.1, 0.15) is 19.0 Å². The van der Waals surface area contributed by atoms with Crippen LogP contribution in [0.5, 0.6) is 5.75 Å². The van der Waals surface area contributed by atoms with Crippen LogP contribution in [-0.4, -0.2) is 64.2 Å². The maximum Gasteiger partial charge on any atom is 0.320 e. The van der Waals surface area contributed by atoms with Crippen molar-refractivity contribution in [3.8, 4) is 5.75 Å². The number of carbonyl (C=O) groups excluding carboxylic acids is 1. The third kappa shape index (κ3) is 6.09. The third-order valence-corrected chi connectivity index (χ3v) is 5.18. The first-order valence-corrected chi connectivity index (χ1v) is 10.2. The summed E-state index contributed by atoms with van der Waals surface area (Å²) in [5, 5.41) is 20.2. The van der Waals surface area contributed by atoms with E-state index in [2.05, 4.69) is 20.6 Å². The lowest BCUT2D eigenvalue weighted by Gasteiger charge is -2.39. The van der Waals surface area contributed by atoms with Crippen LogP contribution >= 0.6 is 11.6 Å². The molecule has 0 radical (unpaired) electrons. The Hall–Kier alpha value is -2.29. The van der Waals surface area contributed by atoms with Gasteiger partial charge in [-0.3, -0.25) is 14.9 Å². The van der Waals surface area contributed by atoms with Crippen molar-refractivity contribution in [3.63, 3.8) is 0 Å². The van der Waals surface area contributed by atoms with Crippen molar-refractivity contribution in [2.75, 3.05) is 31.6 Å². The average Bonchev–Trinajstić information content (AvgIpc) is 3.03. The highest BCUT2D eigenvalue weighted by Gasteiger charge is 2.28. The number of hydrogen-bond donors (Lipinski definition) is 3. The Morgan fingerprint density at radius 3 is 2.72 bits per heavy atom. The second-order valence-corrected chi connectivity index (χ2v) is 7.65. The fourth-order valence-electron chi connectivity index (χ4n) is 3.19. The summed E-state index contributed by atoms with van der Waals surface area (Å²) in [7, 11) is 1.78. The molecule has 9 heteroatoms. The summed E-state index contributed by atoms with van der Waals surface area (Å²) in [6, 6.07) is 8.53. The predicted molar refractivity (Wildman–Crippen MR) is 113 cm³/mol. The van der Waals surface area contributed by atoms with Gasteiger partial charge in [-0.1, -0.05) is 18.5 Å². The SMILES string of the molecule is CCc1cc(NC(=O)NC(CO)CCN2CC(Oc3ccc(Cl)cc3)C2)n(C)n1. The van der Waals surface area contributed by atoms with E-state index in [9.17, 15) is 9.90 Å². The maximum absolute atomic E-state index is 12.2. The van der Waals surface area contributed by atoms with Crippen LogP contribution in [0.2, 0.25) is 5.02 Å². The van der Waals surface area contributed by atoms with Gasteiger partial charge in [0, 0.05) is 37.8 Å². The summed E-state index contributed by atoms with van der Waals surface area (Å²) in [5.74, 6) is 1.44. The topological polar surface area (TPSA) is 91.6 Å². The Morgan fingerprint density at radius 2 is 2.10 bits per heavy atom. The van der Waals surface area contributed by atoms with E-state index in [1.807, 2.05) is 37.3 Å². The van der Waals surface area contributed by atoms with Gasteiger partial charge < -0.3 is 15.2 Å². The summed E-state index contributed by atoms with van der Waals surface area (Å²) < 4.78 is 7.52. The molecule has 1 aliphatic heterocycles. The van der Waals surface area contributed by atoms with Crippen LogP contribution < -0.4 is 15.4 Å². The first-order chi connectivity index (χ1) is 14.0. The molecule has 1 saturated heterocycles. The number of rotatable bonds is 9. The molecule has 2 aromatic rings. The molecule has 158 valence electrons. The summed E-state index contributed by atoms with van der Waals surface area (Å²) in [4.78, 5) is 14.5. The van der Waals surface area contributed by atoms with Gasteiger partial charge >= 0.3 is 6.03 Å². The van der Waals surface area contributed by atoms with Gasteiger partial charge in [0.05, 0.1) is 18.3 Å². The quantitative estimate of drug-likeness (QED) is 0.577. The van der Waals surface area contributed by atoms with Crippen molar-refractivity contribution in [2.45, 2.75) is 31.9 Å². The molecule has 8 nitrogen and oxygen atoms in total. The van der Waals surface area contributed by atoms with E-state index in [0.717, 1.165) is 37.5 Å². The molecule has 3 rings (SSSR count). The number of aliphatic hydroxyl groups excluding tert-OH is 1. The highest BCUT2D eigenvalue weighted by Crippen LogP contribution is 2.20. The third-order valence-electron chi connectivity index (χ3n) is 4.92. The Bertz CT molecular complexity index is 805. The van der Waals surface area contributed by atoms with Crippen LogP contribution in [0.25, 0.3) is 0 Å². The number of benzene rings is 1.